The monoisotopic (exact) mass is 255 g/mol. The van der Waals surface area contributed by atoms with E-state index in [0.717, 1.165) is 25.7 Å². The molecule has 1 amide bonds. The van der Waals surface area contributed by atoms with Crippen LogP contribution < -0.4 is 5.32 Å². The molecule has 0 bridgehead atoms. The Morgan fingerprint density at radius 3 is 2.61 bits per heavy atom. The third-order valence-electron chi connectivity index (χ3n) is 3.78. The van der Waals surface area contributed by atoms with Crippen LogP contribution in [-0.4, -0.2) is 61.5 Å². The minimum Gasteiger partial charge on any atom is -0.342 e. The molecule has 1 aliphatic rings. The summed E-state index contributed by atoms with van der Waals surface area (Å²) in [6.45, 7) is 8.45. The molecule has 4 heteroatoms. The van der Waals surface area contributed by atoms with Gasteiger partial charge in [0.05, 0.1) is 6.54 Å². The lowest BCUT2D eigenvalue weighted by molar-refractivity contribution is -0.131. The summed E-state index contributed by atoms with van der Waals surface area (Å²) >= 11 is 0. The zero-order valence-electron chi connectivity index (χ0n) is 12.2. The van der Waals surface area contributed by atoms with Crippen LogP contribution in [0.4, 0.5) is 0 Å². The van der Waals surface area contributed by atoms with E-state index >= 15 is 0 Å². The summed E-state index contributed by atoms with van der Waals surface area (Å²) in [6, 6.07) is 0.719. The van der Waals surface area contributed by atoms with E-state index in [-0.39, 0.29) is 5.91 Å². The number of rotatable bonds is 8. The van der Waals surface area contributed by atoms with Crippen LogP contribution in [0.5, 0.6) is 0 Å². The largest absolute Gasteiger partial charge is 0.342 e. The molecule has 1 saturated heterocycles. The Kier molecular flexibility index (Phi) is 7.28. The van der Waals surface area contributed by atoms with Gasteiger partial charge in [-0.05, 0) is 59.7 Å². The summed E-state index contributed by atoms with van der Waals surface area (Å²) in [5, 5.41) is 3.51. The number of nitrogens with one attached hydrogen (secondary N) is 1. The number of amides is 1. The molecule has 1 rings (SSSR count). The Bertz CT molecular complexity index is 235. The van der Waals surface area contributed by atoms with Gasteiger partial charge in [-0.15, -0.1) is 0 Å². The summed E-state index contributed by atoms with van der Waals surface area (Å²) in [5.74, 6) is 0.251. The van der Waals surface area contributed by atoms with Crippen molar-refractivity contribution in [3.05, 3.63) is 0 Å². The quantitative estimate of drug-likeness (QED) is 0.710. The van der Waals surface area contributed by atoms with E-state index in [4.69, 9.17) is 0 Å². The maximum atomic E-state index is 11.9. The van der Waals surface area contributed by atoms with Gasteiger partial charge >= 0.3 is 0 Å². The third kappa shape index (κ3) is 5.36. The number of nitrogens with zero attached hydrogens (tertiary/aromatic N) is 2. The Morgan fingerprint density at radius 1 is 1.33 bits per heavy atom. The lowest BCUT2D eigenvalue weighted by Crippen LogP contribution is -2.39. The molecule has 1 heterocycles. The lowest BCUT2D eigenvalue weighted by atomic mass is 10.1. The standard InChI is InChI=1S/C14H29N3O/c1-4-17(5-2)14(18)12-16(3)11-7-9-13-8-6-10-15-13/h13,15H,4-12H2,1-3H3. The summed E-state index contributed by atoms with van der Waals surface area (Å²) in [6.07, 6.45) is 5.06. The van der Waals surface area contributed by atoms with E-state index in [1.165, 1.54) is 32.2 Å². The molecule has 1 atom stereocenters. The van der Waals surface area contributed by atoms with Crippen LogP contribution in [0, 0.1) is 0 Å². The van der Waals surface area contributed by atoms with Gasteiger partial charge in [0.1, 0.15) is 0 Å². The van der Waals surface area contributed by atoms with Crippen molar-refractivity contribution in [2.75, 3.05) is 39.8 Å². The fourth-order valence-corrected chi connectivity index (χ4v) is 2.60. The molecule has 1 fully saturated rings. The first-order valence-corrected chi connectivity index (χ1v) is 7.37. The predicted molar refractivity (Wildman–Crippen MR) is 75.7 cm³/mol. The molecule has 18 heavy (non-hydrogen) atoms. The van der Waals surface area contributed by atoms with Crippen molar-refractivity contribution in [2.24, 2.45) is 0 Å². The molecule has 1 unspecified atom stereocenters. The van der Waals surface area contributed by atoms with Crippen molar-refractivity contribution in [1.29, 1.82) is 0 Å². The zero-order chi connectivity index (χ0) is 13.4. The number of hydrogen-bond donors (Lipinski definition) is 1. The number of likely N-dealkylation sites (N-methyl/N-ethyl adjacent to an activating group) is 2. The van der Waals surface area contributed by atoms with Crippen LogP contribution in [0.15, 0.2) is 0 Å². The first kappa shape index (κ1) is 15.4. The highest BCUT2D eigenvalue weighted by Gasteiger charge is 2.15. The predicted octanol–water partition coefficient (Wildman–Crippen LogP) is 1.32. The fourth-order valence-electron chi connectivity index (χ4n) is 2.60. The van der Waals surface area contributed by atoms with Gasteiger partial charge < -0.3 is 10.2 Å². The van der Waals surface area contributed by atoms with E-state index in [9.17, 15) is 4.79 Å². The number of carbonyl (C=O) groups is 1. The first-order valence-electron chi connectivity index (χ1n) is 7.37. The maximum Gasteiger partial charge on any atom is 0.236 e. The average molecular weight is 255 g/mol. The molecule has 0 spiro atoms. The van der Waals surface area contributed by atoms with Crippen LogP contribution in [0.2, 0.25) is 0 Å². The molecule has 0 aromatic carbocycles. The fraction of sp³-hybridized carbons (Fsp3) is 0.929. The van der Waals surface area contributed by atoms with Gasteiger partial charge in [-0.25, -0.2) is 0 Å². The van der Waals surface area contributed by atoms with Gasteiger partial charge in [0.15, 0.2) is 0 Å². The highest BCUT2D eigenvalue weighted by Crippen LogP contribution is 2.10. The molecule has 0 aromatic rings. The van der Waals surface area contributed by atoms with Gasteiger partial charge in [-0.3, -0.25) is 9.69 Å². The van der Waals surface area contributed by atoms with Gasteiger partial charge in [-0.1, -0.05) is 0 Å². The van der Waals surface area contributed by atoms with E-state index in [1.807, 2.05) is 25.8 Å². The molecule has 0 aliphatic carbocycles. The Morgan fingerprint density at radius 2 is 2.06 bits per heavy atom. The minimum absolute atomic E-state index is 0.251. The van der Waals surface area contributed by atoms with Crippen molar-refractivity contribution in [2.45, 2.75) is 45.6 Å². The molecule has 0 saturated carbocycles. The van der Waals surface area contributed by atoms with Crippen molar-refractivity contribution in [3.63, 3.8) is 0 Å². The van der Waals surface area contributed by atoms with Crippen LogP contribution in [-0.2, 0) is 4.79 Å². The Hall–Kier alpha value is -0.610. The maximum absolute atomic E-state index is 11.9. The average Bonchev–Trinajstić information content (AvgIpc) is 2.83. The van der Waals surface area contributed by atoms with Crippen molar-refractivity contribution >= 4 is 5.91 Å². The molecule has 1 N–H and O–H groups in total. The minimum atomic E-state index is 0.251. The second-order valence-corrected chi connectivity index (χ2v) is 5.24. The Balaban J connectivity index is 2.12. The lowest BCUT2D eigenvalue weighted by Gasteiger charge is -2.23. The van der Waals surface area contributed by atoms with Crippen LogP contribution in [0.1, 0.15) is 39.5 Å². The molecular formula is C14H29N3O. The van der Waals surface area contributed by atoms with Gasteiger partial charge in [-0.2, -0.15) is 0 Å². The number of carbonyl (C=O) groups excluding carboxylic acids is 1. The number of hydrogen-bond acceptors (Lipinski definition) is 3. The topological polar surface area (TPSA) is 35.6 Å². The zero-order valence-corrected chi connectivity index (χ0v) is 12.2. The molecule has 0 radical (unpaired) electrons. The summed E-state index contributed by atoms with van der Waals surface area (Å²) in [5.41, 5.74) is 0. The van der Waals surface area contributed by atoms with Gasteiger partial charge in [0, 0.05) is 19.1 Å². The third-order valence-corrected chi connectivity index (χ3v) is 3.78. The first-order chi connectivity index (χ1) is 8.67. The van der Waals surface area contributed by atoms with Crippen LogP contribution >= 0.6 is 0 Å². The second-order valence-electron chi connectivity index (χ2n) is 5.24. The summed E-state index contributed by atoms with van der Waals surface area (Å²) < 4.78 is 0. The molecule has 1 aliphatic heterocycles. The summed E-state index contributed by atoms with van der Waals surface area (Å²) in [4.78, 5) is 16.0. The molecule has 0 aromatic heterocycles. The van der Waals surface area contributed by atoms with Crippen molar-refractivity contribution in [3.8, 4) is 0 Å². The van der Waals surface area contributed by atoms with Crippen molar-refractivity contribution < 1.29 is 4.79 Å². The van der Waals surface area contributed by atoms with Gasteiger partial charge in [0.2, 0.25) is 5.91 Å². The van der Waals surface area contributed by atoms with Crippen LogP contribution in [0.25, 0.3) is 0 Å². The van der Waals surface area contributed by atoms with Gasteiger partial charge in [0.25, 0.3) is 0 Å². The highest BCUT2D eigenvalue weighted by atomic mass is 16.2. The Labute approximate surface area is 112 Å². The molecule has 106 valence electrons. The smallest absolute Gasteiger partial charge is 0.236 e. The van der Waals surface area contributed by atoms with E-state index < -0.39 is 0 Å². The second kappa shape index (κ2) is 8.48. The molecule has 4 nitrogen and oxygen atoms in total. The SMILES string of the molecule is CCN(CC)C(=O)CN(C)CCCC1CCCN1. The van der Waals surface area contributed by atoms with E-state index in [2.05, 4.69) is 10.2 Å². The van der Waals surface area contributed by atoms with E-state index in [1.54, 1.807) is 0 Å². The molecular weight excluding hydrogens is 226 g/mol. The normalized spacial score (nSPS) is 19.4. The van der Waals surface area contributed by atoms with E-state index in [0.29, 0.717) is 6.54 Å². The summed E-state index contributed by atoms with van der Waals surface area (Å²) in [7, 11) is 2.05. The van der Waals surface area contributed by atoms with Crippen molar-refractivity contribution in [1.82, 2.24) is 15.1 Å². The highest BCUT2D eigenvalue weighted by molar-refractivity contribution is 5.78. The van der Waals surface area contributed by atoms with Crippen LogP contribution in [0.3, 0.4) is 0 Å².